The third kappa shape index (κ3) is 1.58. The highest BCUT2D eigenvalue weighted by Crippen LogP contribution is 1.93. The molecule has 0 bridgehead atoms. The summed E-state index contributed by atoms with van der Waals surface area (Å²) in [4.78, 5) is 0. The van der Waals surface area contributed by atoms with Crippen molar-refractivity contribution in [1.29, 1.82) is 0 Å². The lowest BCUT2D eigenvalue weighted by molar-refractivity contribution is 0.627. The summed E-state index contributed by atoms with van der Waals surface area (Å²) in [5.41, 5.74) is 0.549. The molecule has 49 valence electrons. The maximum absolute atomic E-state index is 4.75. The topological polar surface area (TPSA) is 35.0 Å². The van der Waals surface area contributed by atoms with Gasteiger partial charge in [0.1, 0.15) is 5.69 Å². The lowest BCUT2D eigenvalue weighted by Crippen LogP contribution is -2.03. The molecule has 0 amide bonds. The van der Waals surface area contributed by atoms with E-state index in [0.717, 1.165) is 0 Å². The Balaban J connectivity index is 2.85. The van der Waals surface area contributed by atoms with Crippen molar-refractivity contribution in [1.82, 2.24) is 10.2 Å². The van der Waals surface area contributed by atoms with Crippen molar-refractivity contribution in [3.05, 3.63) is 24.0 Å². The second-order valence-corrected chi connectivity index (χ2v) is 2.07. The highest BCUT2D eigenvalue weighted by molar-refractivity contribution is 7.80. The van der Waals surface area contributed by atoms with Gasteiger partial charge in [0.05, 0.1) is 0 Å². The van der Waals surface area contributed by atoms with E-state index in [1.165, 1.54) is 0 Å². The van der Waals surface area contributed by atoms with E-state index in [-0.39, 0.29) is 5.05 Å². The molecule has 3 radical (unpaired) electrons. The van der Waals surface area contributed by atoms with Crippen LogP contribution in [0.2, 0.25) is 0 Å². The average Bonchev–Trinajstić information content (AvgIpc) is 2.05. The molecule has 0 aliphatic carbocycles. The van der Waals surface area contributed by atoms with E-state index < -0.39 is 0 Å². The van der Waals surface area contributed by atoms with Crippen molar-refractivity contribution in [3.8, 4) is 0 Å². The lowest BCUT2D eigenvalue weighted by Gasteiger charge is -1.97. The third-order valence-electron chi connectivity index (χ3n) is 0.874. The van der Waals surface area contributed by atoms with Crippen LogP contribution in [0.5, 0.6) is 0 Å². The number of thiocarbonyl (C=S) groups is 1. The molecule has 0 aliphatic rings. The van der Waals surface area contributed by atoms with Crippen LogP contribution < -0.4 is 0 Å². The maximum atomic E-state index is 4.75. The minimum Gasteiger partial charge on any atom is -0.531 e. The van der Waals surface area contributed by atoms with Gasteiger partial charge in [-0.2, -0.15) is 5.10 Å². The van der Waals surface area contributed by atoms with Gasteiger partial charge in [0.25, 0.3) is 0 Å². The van der Waals surface area contributed by atoms with Crippen LogP contribution in [0, 0.1) is 0 Å². The molecule has 1 rings (SSSR count). The highest BCUT2D eigenvalue weighted by Gasteiger charge is 1.98. The van der Waals surface area contributed by atoms with E-state index in [9.17, 15) is 0 Å². The first-order valence-corrected chi connectivity index (χ1v) is 3.32. The van der Waals surface area contributed by atoms with Crippen molar-refractivity contribution < 1.29 is 4.43 Å². The molecule has 0 saturated carbocycles. The number of hydrogen-bond donors (Lipinski definition) is 0. The summed E-state index contributed by atoms with van der Waals surface area (Å²) in [6, 6.07) is 3.45. The molecule has 0 aliphatic heterocycles. The molecule has 0 fully saturated rings. The van der Waals surface area contributed by atoms with E-state index >= 15 is 0 Å². The van der Waals surface area contributed by atoms with Gasteiger partial charge in [0, 0.05) is 6.20 Å². The molecule has 1 aromatic rings. The smallest absolute Gasteiger partial charge is 0.342 e. The van der Waals surface area contributed by atoms with E-state index in [0.29, 0.717) is 5.69 Å². The molecule has 0 spiro atoms. The minimum absolute atomic E-state index is 0.282. The molecule has 5 heteroatoms. The second-order valence-electron chi connectivity index (χ2n) is 1.50. The Labute approximate surface area is 67.0 Å². The Bertz CT molecular complexity index is 228. The monoisotopic (exact) mass is 167 g/mol. The molecule has 1 aromatic heterocycles. The quantitative estimate of drug-likeness (QED) is 0.444. The first-order valence-electron chi connectivity index (χ1n) is 2.50. The van der Waals surface area contributed by atoms with Gasteiger partial charge in [-0.1, -0.05) is 0 Å². The fourth-order valence-electron chi connectivity index (χ4n) is 0.463. The van der Waals surface area contributed by atoms with E-state index in [1.54, 1.807) is 18.3 Å². The fourth-order valence-corrected chi connectivity index (χ4v) is 0.676. The molecular weight excluding hydrogens is 164 g/mol. The van der Waals surface area contributed by atoms with Crippen molar-refractivity contribution in [2.24, 2.45) is 0 Å². The molecule has 3 nitrogen and oxygen atoms in total. The summed E-state index contributed by atoms with van der Waals surface area (Å²) in [6.45, 7) is 0. The molecule has 0 unspecified atom stereocenters. The summed E-state index contributed by atoms with van der Waals surface area (Å²) in [7, 11) is 2.79. The Morgan fingerprint density at radius 1 is 1.70 bits per heavy atom. The van der Waals surface area contributed by atoms with E-state index in [2.05, 4.69) is 25.1 Å². The predicted octanol–water partition coefficient (Wildman–Crippen LogP) is 0.252. The summed E-state index contributed by atoms with van der Waals surface area (Å²) >= 11 is 4.75. The van der Waals surface area contributed by atoms with Crippen LogP contribution >= 0.6 is 12.2 Å². The van der Waals surface area contributed by atoms with Gasteiger partial charge in [-0.05, 0) is 24.4 Å². The van der Waals surface area contributed by atoms with Crippen molar-refractivity contribution in [2.45, 2.75) is 0 Å². The molecular formula is C5H3N2OSSi. The molecule has 0 saturated heterocycles. The number of rotatable bonds is 1. The normalized spacial score (nSPS) is 8.90. The zero-order chi connectivity index (χ0) is 7.40. The van der Waals surface area contributed by atoms with Gasteiger partial charge in [0.2, 0.25) is 0 Å². The van der Waals surface area contributed by atoms with Gasteiger partial charge in [-0.15, -0.1) is 5.10 Å². The van der Waals surface area contributed by atoms with Gasteiger partial charge < -0.3 is 4.43 Å². The maximum Gasteiger partial charge on any atom is 0.342 e. The van der Waals surface area contributed by atoms with Crippen molar-refractivity contribution in [3.63, 3.8) is 0 Å². The van der Waals surface area contributed by atoms with Gasteiger partial charge >= 0.3 is 10.5 Å². The highest BCUT2D eigenvalue weighted by atomic mass is 32.1. The zero-order valence-corrected chi connectivity index (χ0v) is 6.76. The van der Waals surface area contributed by atoms with E-state index in [1.807, 2.05) is 0 Å². The molecule has 0 N–H and O–H groups in total. The summed E-state index contributed by atoms with van der Waals surface area (Å²) < 4.78 is 4.57. The van der Waals surface area contributed by atoms with Crippen LogP contribution in [0.25, 0.3) is 0 Å². The Hall–Kier alpha value is -0.813. The second kappa shape index (κ2) is 3.38. The van der Waals surface area contributed by atoms with Crippen LogP contribution in [0.3, 0.4) is 0 Å². The molecule has 0 atom stereocenters. The zero-order valence-electron chi connectivity index (χ0n) is 4.94. The van der Waals surface area contributed by atoms with Crippen LogP contribution in [0.4, 0.5) is 0 Å². The largest absolute Gasteiger partial charge is 0.531 e. The van der Waals surface area contributed by atoms with Crippen LogP contribution in [-0.2, 0) is 4.43 Å². The molecule has 10 heavy (non-hydrogen) atoms. The van der Waals surface area contributed by atoms with Crippen LogP contribution in [-0.4, -0.2) is 25.7 Å². The summed E-state index contributed by atoms with van der Waals surface area (Å²) in [5.74, 6) is 0. The third-order valence-corrected chi connectivity index (χ3v) is 1.52. The SMILES string of the molecule is [Si]OC(=S)c1cccnn1. The van der Waals surface area contributed by atoms with Crippen LogP contribution in [0.15, 0.2) is 18.3 Å². The molecule has 0 aromatic carbocycles. The Morgan fingerprint density at radius 2 is 2.50 bits per heavy atom. The van der Waals surface area contributed by atoms with Crippen molar-refractivity contribution >= 4 is 27.8 Å². The first kappa shape index (κ1) is 7.30. The molecule has 1 heterocycles. The number of nitrogens with zero attached hydrogens (tertiary/aromatic N) is 2. The summed E-state index contributed by atoms with van der Waals surface area (Å²) in [6.07, 6.45) is 1.57. The summed E-state index contributed by atoms with van der Waals surface area (Å²) in [5, 5.41) is 7.60. The predicted molar refractivity (Wildman–Crippen MR) is 40.6 cm³/mol. The van der Waals surface area contributed by atoms with Crippen LogP contribution in [0.1, 0.15) is 5.69 Å². The average molecular weight is 167 g/mol. The Morgan fingerprint density at radius 3 is 3.00 bits per heavy atom. The van der Waals surface area contributed by atoms with Gasteiger partial charge in [-0.3, -0.25) is 0 Å². The number of hydrogen-bond acceptors (Lipinski definition) is 4. The van der Waals surface area contributed by atoms with Crippen molar-refractivity contribution in [2.75, 3.05) is 0 Å². The number of aromatic nitrogens is 2. The van der Waals surface area contributed by atoms with E-state index in [4.69, 9.17) is 12.2 Å². The lowest BCUT2D eigenvalue weighted by atomic mass is 10.4. The minimum atomic E-state index is 0.282. The standard InChI is InChI=1S/C5H3N2OSSi/c9-5(8-10)4-2-1-3-6-7-4/h1-3H. The van der Waals surface area contributed by atoms with Gasteiger partial charge in [-0.25, -0.2) is 0 Å². The fraction of sp³-hybridized carbons (Fsp3) is 0. The Kier molecular flexibility index (Phi) is 2.47. The first-order chi connectivity index (χ1) is 4.84. The van der Waals surface area contributed by atoms with Gasteiger partial charge in [0.15, 0.2) is 5.05 Å².